The Hall–Kier alpha value is -2.04. The van der Waals surface area contributed by atoms with Gasteiger partial charge in [0, 0.05) is 5.92 Å². The molecule has 2 aliphatic rings. The van der Waals surface area contributed by atoms with Gasteiger partial charge in [-0.3, -0.25) is 0 Å². The monoisotopic (exact) mass is 480 g/mol. The van der Waals surface area contributed by atoms with Crippen LogP contribution in [0.15, 0.2) is 36.4 Å². The standard InChI is InChI=1S/C31H44O4/c1-2-27(25-13-15-30(34-19-17-32)28(21-25)23-9-5-3-6-10-23)26-14-16-31(35-20-18-33)29(22-26)24-11-7-4-8-12-24/h13-16,21-24,27,32-33H,2-12,17-20H2,1H3. The average Bonchev–Trinajstić information content (AvgIpc) is 2.92. The van der Waals surface area contributed by atoms with Crippen LogP contribution in [0.3, 0.4) is 0 Å². The lowest BCUT2D eigenvalue weighted by atomic mass is 9.79. The van der Waals surface area contributed by atoms with Gasteiger partial charge < -0.3 is 19.7 Å². The smallest absolute Gasteiger partial charge is 0.122 e. The fraction of sp³-hybridized carbons (Fsp3) is 0.613. The van der Waals surface area contributed by atoms with Gasteiger partial charge in [0.25, 0.3) is 0 Å². The van der Waals surface area contributed by atoms with E-state index in [2.05, 4.69) is 43.3 Å². The van der Waals surface area contributed by atoms with E-state index >= 15 is 0 Å². The highest BCUT2D eigenvalue weighted by Crippen LogP contribution is 2.43. The molecule has 0 bridgehead atoms. The van der Waals surface area contributed by atoms with Crippen molar-refractivity contribution < 1.29 is 19.7 Å². The predicted octanol–water partition coefficient (Wildman–Crippen LogP) is 7.07. The minimum absolute atomic E-state index is 0.0398. The molecule has 0 aliphatic heterocycles. The van der Waals surface area contributed by atoms with Crippen LogP contribution in [-0.4, -0.2) is 36.6 Å². The quantitative estimate of drug-likeness (QED) is 0.361. The van der Waals surface area contributed by atoms with E-state index in [0.717, 1.165) is 17.9 Å². The van der Waals surface area contributed by atoms with E-state index in [4.69, 9.17) is 9.47 Å². The van der Waals surface area contributed by atoms with E-state index in [1.807, 2.05) is 0 Å². The van der Waals surface area contributed by atoms with Crippen molar-refractivity contribution in [1.29, 1.82) is 0 Å². The molecule has 2 saturated carbocycles. The molecule has 192 valence electrons. The summed E-state index contributed by atoms with van der Waals surface area (Å²) in [6.07, 6.45) is 13.7. The molecule has 2 aromatic rings. The zero-order valence-corrected chi connectivity index (χ0v) is 21.5. The van der Waals surface area contributed by atoms with Gasteiger partial charge in [-0.2, -0.15) is 0 Å². The van der Waals surface area contributed by atoms with Crippen molar-refractivity contribution in [3.8, 4) is 11.5 Å². The minimum Gasteiger partial charge on any atom is -0.491 e. The Morgan fingerprint density at radius 2 is 1.11 bits per heavy atom. The lowest BCUT2D eigenvalue weighted by molar-refractivity contribution is 0.199. The Morgan fingerprint density at radius 1 is 0.686 bits per heavy atom. The number of aliphatic hydroxyl groups is 2. The van der Waals surface area contributed by atoms with Gasteiger partial charge in [-0.05, 0) is 78.3 Å². The van der Waals surface area contributed by atoms with Crippen molar-refractivity contribution in [1.82, 2.24) is 0 Å². The van der Waals surface area contributed by atoms with Gasteiger partial charge in [0.2, 0.25) is 0 Å². The number of hydrogen-bond donors (Lipinski definition) is 2. The molecule has 0 radical (unpaired) electrons. The lowest BCUT2D eigenvalue weighted by Crippen LogP contribution is -2.12. The Balaban J connectivity index is 1.67. The molecule has 2 fully saturated rings. The van der Waals surface area contributed by atoms with E-state index in [-0.39, 0.29) is 13.2 Å². The van der Waals surface area contributed by atoms with E-state index in [0.29, 0.717) is 31.0 Å². The number of hydrogen-bond acceptors (Lipinski definition) is 4. The summed E-state index contributed by atoms with van der Waals surface area (Å²) in [5, 5.41) is 18.6. The topological polar surface area (TPSA) is 58.9 Å². The summed E-state index contributed by atoms with van der Waals surface area (Å²) in [5.41, 5.74) is 5.35. The van der Waals surface area contributed by atoms with E-state index in [9.17, 15) is 10.2 Å². The molecule has 4 nitrogen and oxygen atoms in total. The number of aliphatic hydroxyl groups excluding tert-OH is 2. The Bertz CT molecular complexity index is 839. The molecule has 0 aromatic heterocycles. The van der Waals surface area contributed by atoms with Gasteiger partial charge in [-0.15, -0.1) is 0 Å². The number of benzene rings is 2. The first-order valence-corrected chi connectivity index (χ1v) is 14.0. The highest BCUT2D eigenvalue weighted by Gasteiger charge is 2.24. The van der Waals surface area contributed by atoms with Crippen LogP contribution in [0.25, 0.3) is 0 Å². The third kappa shape index (κ3) is 6.59. The van der Waals surface area contributed by atoms with Crippen LogP contribution in [0.1, 0.15) is 118 Å². The fourth-order valence-corrected chi connectivity index (χ4v) is 6.27. The van der Waals surface area contributed by atoms with Gasteiger partial charge in [0.15, 0.2) is 0 Å². The summed E-state index contributed by atoms with van der Waals surface area (Å²) >= 11 is 0. The highest BCUT2D eigenvalue weighted by molar-refractivity contribution is 5.47. The molecule has 0 unspecified atom stereocenters. The van der Waals surface area contributed by atoms with Gasteiger partial charge >= 0.3 is 0 Å². The van der Waals surface area contributed by atoms with Gasteiger partial charge in [0.1, 0.15) is 24.7 Å². The summed E-state index contributed by atoms with van der Waals surface area (Å²) in [6.45, 7) is 3.04. The van der Waals surface area contributed by atoms with Crippen molar-refractivity contribution in [3.05, 3.63) is 58.7 Å². The second-order valence-electron chi connectivity index (χ2n) is 10.4. The van der Waals surface area contributed by atoms with Gasteiger partial charge in [-0.1, -0.05) is 69.7 Å². The summed E-state index contributed by atoms with van der Waals surface area (Å²) in [4.78, 5) is 0. The molecule has 0 atom stereocenters. The van der Waals surface area contributed by atoms with Crippen LogP contribution < -0.4 is 9.47 Å². The molecule has 4 heteroatoms. The molecule has 4 rings (SSSR count). The summed E-state index contributed by atoms with van der Waals surface area (Å²) in [5.74, 6) is 3.29. The maximum Gasteiger partial charge on any atom is 0.122 e. The van der Waals surface area contributed by atoms with Crippen LogP contribution >= 0.6 is 0 Å². The molecule has 0 amide bonds. The second kappa shape index (κ2) is 13.3. The van der Waals surface area contributed by atoms with Crippen LogP contribution in [0.2, 0.25) is 0 Å². The minimum atomic E-state index is 0.0398. The van der Waals surface area contributed by atoms with Crippen molar-refractivity contribution in [2.24, 2.45) is 0 Å². The SMILES string of the molecule is CCC(c1ccc(OCCO)c(C2CCCCC2)c1)c1ccc(OCCO)c(C2CCCCC2)c1. The lowest BCUT2D eigenvalue weighted by Gasteiger charge is -2.28. The summed E-state index contributed by atoms with van der Waals surface area (Å²) < 4.78 is 12.0. The predicted molar refractivity (Wildman–Crippen MR) is 142 cm³/mol. The number of rotatable bonds is 11. The van der Waals surface area contributed by atoms with Crippen LogP contribution in [0, 0.1) is 0 Å². The molecule has 35 heavy (non-hydrogen) atoms. The zero-order chi connectivity index (χ0) is 24.5. The third-order valence-corrected chi connectivity index (χ3v) is 8.07. The van der Waals surface area contributed by atoms with E-state index in [1.54, 1.807) is 0 Å². The van der Waals surface area contributed by atoms with Gasteiger partial charge in [-0.25, -0.2) is 0 Å². The van der Waals surface area contributed by atoms with Crippen LogP contribution in [0.5, 0.6) is 11.5 Å². The maximum absolute atomic E-state index is 9.32. The summed E-state index contributed by atoms with van der Waals surface area (Å²) in [7, 11) is 0. The molecular weight excluding hydrogens is 436 g/mol. The molecule has 2 N–H and O–H groups in total. The second-order valence-corrected chi connectivity index (χ2v) is 10.4. The molecule has 0 spiro atoms. The highest BCUT2D eigenvalue weighted by atomic mass is 16.5. The molecule has 2 aromatic carbocycles. The maximum atomic E-state index is 9.32. The van der Waals surface area contributed by atoms with Crippen LogP contribution in [-0.2, 0) is 0 Å². The Morgan fingerprint density at radius 3 is 1.49 bits per heavy atom. The zero-order valence-electron chi connectivity index (χ0n) is 21.5. The van der Waals surface area contributed by atoms with Crippen molar-refractivity contribution in [2.75, 3.05) is 26.4 Å². The van der Waals surface area contributed by atoms with Crippen LogP contribution in [0.4, 0.5) is 0 Å². The normalized spacial score (nSPS) is 17.6. The largest absolute Gasteiger partial charge is 0.491 e. The van der Waals surface area contributed by atoms with Crippen molar-refractivity contribution in [2.45, 2.75) is 95.3 Å². The van der Waals surface area contributed by atoms with Gasteiger partial charge in [0.05, 0.1) is 13.2 Å². The molecule has 0 saturated heterocycles. The third-order valence-electron chi connectivity index (χ3n) is 8.07. The Kier molecular flexibility index (Phi) is 9.91. The fourth-order valence-electron chi connectivity index (χ4n) is 6.27. The molecule has 0 heterocycles. The van der Waals surface area contributed by atoms with Crippen molar-refractivity contribution in [3.63, 3.8) is 0 Å². The van der Waals surface area contributed by atoms with Crippen molar-refractivity contribution >= 4 is 0 Å². The first kappa shape index (κ1) is 26.0. The first-order chi connectivity index (χ1) is 17.2. The Labute approximate surface area is 211 Å². The molecular formula is C31H44O4. The van der Waals surface area contributed by atoms with E-state index in [1.165, 1.54) is 86.5 Å². The average molecular weight is 481 g/mol. The summed E-state index contributed by atoms with van der Waals surface area (Å²) in [6, 6.07) is 13.5. The number of ether oxygens (including phenoxy) is 2. The molecule has 2 aliphatic carbocycles. The first-order valence-electron chi connectivity index (χ1n) is 14.0. The van der Waals surface area contributed by atoms with E-state index < -0.39 is 0 Å².